The predicted molar refractivity (Wildman–Crippen MR) is 57.6 cm³/mol. The zero-order chi connectivity index (χ0) is 12.5. The van der Waals surface area contributed by atoms with Crippen LogP contribution < -0.4 is 0 Å². The Kier molecular flexibility index (Phi) is 2.82. The maximum absolute atomic E-state index is 10.8. The van der Waals surface area contributed by atoms with Crippen LogP contribution >= 0.6 is 0 Å². The number of hydrogen-bond donors (Lipinski definition) is 1. The Hall–Kier alpha value is -1.93. The van der Waals surface area contributed by atoms with Crippen LogP contribution in [0.25, 0.3) is 11.4 Å². The molecule has 1 N–H and O–H groups in total. The third kappa shape index (κ3) is 2.60. The van der Waals surface area contributed by atoms with E-state index in [0.29, 0.717) is 11.4 Å². The molecular formula is C9H8N4O3S. The van der Waals surface area contributed by atoms with Gasteiger partial charge in [-0.3, -0.25) is 4.55 Å². The van der Waals surface area contributed by atoms with E-state index in [1.54, 1.807) is 6.92 Å². The van der Waals surface area contributed by atoms with Gasteiger partial charge in [0.1, 0.15) is 0 Å². The van der Waals surface area contributed by atoms with Gasteiger partial charge in [0.25, 0.3) is 10.1 Å². The second kappa shape index (κ2) is 4.15. The highest BCUT2D eigenvalue weighted by Crippen LogP contribution is 2.16. The number of benzene rings is 1. The van der Waals surface area contributed by atoms with E-state index in [4.69, 9.17) is 4.55 Å². The summed E-state index contributed by atoms with van der Waals surface area (Å²) < 4.78 is 30.5. The lowest BCUT2D eigenvalue weighted by Gasteiger charge is -2.00. The molecule has 0 amide bonds. The van der Waals surface area contributed by atoms with Gasteiger partial charge < -0.3 is 0 Å². The number of aryl methyl sites for hydroxylation is 1. The zero-order valence-electron chi connectivity index (χ0n) is 8.77. The maximum atomic E-state index is 10.8. The number of hydrogen-bond acceptors (Lipinski definition) is 6. The number of rotatable bonds is 2. The molecule has 0 bridgehead atoms. The van der Waals surface area contributed by atoms with Gasteiger partial charge in [-0.15, -0.1) is 20.4 Å². The van der Waals surface area contributed by atoms with Crippen LogP contribution in [0.4, 0.5) is 0 Å². The lowest BCUT2D eigenvalue weighted by Crippen LogP contribution is -2.00. The van der Waals surface area contributed by atoms with E-state index in [2.05, 4.69) is 20.4 Å². The molecule has 1 heterocycles. The van der Waals surface area contributed by atoms with Gasteiger partial charge in [-0.25, -0.2) is 0 Å². The van der Waals surface area contributed by atoms with E-state index < -0.39 is 10.1 Å². The third-order valence-corrected chi connectivity index (χ3v) is 2.86. The minimum atomic E-state index is -4.18. The van der Waals surface area contributed by atoms with Crippen molar-refractivity contribution in [3.05, 3.63) is 30.1 Å². The molecule has 0 aliphatic rings. The van der Waals surface area contributed by atoms with Crippen molar-refractivity contribution in [3.63, 3.8) is 0 Å². The van der Waals surface area contributed by atoms with Crippen LogP contribution in [0.3, 0.4) is 0 Å². The Bertz CT molecular complexity index is 622. The fourth-order valence-electron chi connectivity index (χ4n) is 1.17. The summed E-state index contributed by atoms with van der Waals surface area (Å²) in [5.41, 5.74) is 0.567. The van der Waals surface area contributed by atoms with Crippen molar-refractivity contribution in [3.8, 4) is 11.4 Å². The molecule has 7 nitrogen and oxygen atoms in total. The fraction of sp³-hybridized carbons (Fsp3) is 0.111. The summed E-state index contributed by atoms with van der Waals surface area (Å²) in [6, 6.07) is 5.45. The molecule has 0 atom stereocenters. The molecule has 2 aromatic rings. The van der Waals surface area contributed by atoms with Crippen LogP contribution in [0.1, 0.15) is 5.82 Å². The van der Waals surface area contributed by atoms with Crippen LogP contribution in [0, 0.1) is 6.92 Å². The van der Waals surface area contributed by atoms with Crippen molar-refractivity contribution in [1.29, 1.82) is 0 Å². The van der Waals surface area contributed by atoms with Crippen molar-refractivity contribution < 1.29 is 13.0 Å². The van der Waals surface area contributed by atoms with Crippen LogP contribution in [-0.4, -0.2) is 33.4 Å². The third-order valence-electron chi connectivity index (χ3n) is 1.99. The van der Waals surface area contributed by atoms with Gasteiger partial charge in [-0.05, 0) is 31.2 Å². The van der Waals surface area contributed by atoms with Crippen molar-refractivity contribution >= 4 is 10.1 Å². The second-order valence-electron chi connectivity index (χ2n) is 3.27. The van der Waals surface area contributed by atoms with Crippen LogP contribution in [0.5, 0.6) is 0 Å². The summed E-state index contributed by atoms with van der Waals surface area (Å²) in [6.07, 6.45) is 0. The maximum Gasteiger partial charge on any atom is 0.294 e. The van der Waals surface area contributed by atoms with E-state index in [1.165, 1.54) is 24.3 Å². The van der Waals surface area contributed by atoms with Crippen LogP contribution in [-0.2, 0) is 10.1 Å². The minimum Gasteiger partial charge on any atom is -0.282 e. The Balaban J connectivity index is 2.39. The molecule has 8 heteroatoms. The standard InChI is InChI=1S/C9H8N4O3S/c1-6-10-12-9(13-11-6)7-2-4-8(5-3-7)17(14,15)16/h2-5H,1H3,(H,14,15,16). The molecule has 0 spiro atoms. The minimum absolute atomic E-state index is 0.186. The van der Waals surface area contributed by atoms with E-state index in [0.717, 1.165) is 0 Å². The Morgan fingerprint density at radius 2 is 1.53 bits per heavy atom. The molecule has 1 aromatic carbocycles. The smallest absolute Gasteiger partial charge is 0.282 e. The normalized spacial score (nSPS) is 11.4. The monoisotopic (exact) mass is 252 g/mol. The lowest BCUT2D eigenvalue weighted by molar-refractivity contribution is 0.483. The second-order valence-corrected chi connectivity index (χ2v) is 4.69. The van der Waals surface area contributed by atoms with Gasteiger partial charge in [-0.2, -0.15) is 8.42 Å². The number of nitrogens with zero attached hydrogens (tertiary/aromatic N) is 4. The molecule has 0 saturated heterocycles. The largest absolute Gasteiger partial charge is 0.294 e. The van der Waals surface area contributed by atoms with Crippen molar-refractivity contribution in [2.75, 3.05) is 0 Å². The van der Waals surface area contributed by atoms with Crippen molar-refractivity contribution in [2.24, 2.45) is 0 Å². The summed E-state index contributed by atoms with van der Waals surface area (Å²) in [4.78, 5) is -0.186. The average molecular weight is 252 g/mol. The molecule has 17 heavy (non-hydrogen) atoms. The lowest BCUT2D eigenvalue weighted by atomic mass is 10.2. The number of aromatic nitrogens is 4. The van der Waals surface area contributed by atoms with E-state index in [9.17, 15) is 8.42 Å². The van der Waals surface area contributed by atoms with Gasteiger partial charge >= 0.3 is 0 Å². The summed E-state index contributed by atoms with van der Waals surface area (Å²) >= 11 is 0. The molecule has 0 fully saturated rings. The highest BCUT2D eigenvalue weighted by molar-refractivity contribution is 7.85. The van der Waals surface area contributed by atoms with Crippen molar-refractivity contribution in [1.82, 2.24) is 20.4 Å². The molecule has 0 aliphatic carbocycles. The van der Waals surface area contributed by atoms with Gasteiger partial charge in [0.2, 0.25) is 5.82 Å². The van der Waals surface area contributed by atoms with E-state index in [-0.39, 0.29) is 10.7 Å². The first kappa shape index (κ1) is 11.6. The average Bonchev–Trinajstić information content (AvgIpc) is 2.29. The van der Waals surface area contributed by atoms with Gasteiger partial charge in [0.05, 0.1) is 4.90 Å². The summed E-state index contributed by atoms with van der Waals surface area (Å²) in [5, 5.41) is 15.1. The first-order valence-electron chi connectivity index (χ1n) is 4.59. The van der Waals surface area contributed by atoms with Crippen LogP contribution in [0.2, 0.25) is 0 Å². The first-order valence-corrected chi connectivity index (χ1v) is 6.03. The topological polar surface area (TPSA) is 106 Å². The van der Waals surface area contributed by atoms with Gasteiger partial charge in [0, 0.05) is 5.56 Å². The predicted octanol–water partition coefficient (Wildman–Crippen LogP) is 0.489. The Morgan fingerprint density at radius 3 is 2.00 bits per heavy atom. The van der Waals surface area contributed by atoms with E-state index in [1.807, 2.05) is 0 Å². The quantitative estimate of drug-likeness (QED) is 0.775. The highest BCUT2D eigenvalue weighted by Gasteiger charge is 2.10. The molecule has 0 saturated carbocycles. The van der Waals surface area contributed by atoms with Gasteiger partial charge in [0.15, 0.2) is 5.82 Å². The Labute approximate surface area is 97.3 Å². The molecular weight excluding hydrogens is 244 g/mol. The molecule has 0 radical (unpaired) electrons. The fourth-order valence-corrected chi connectivity index (χ4v) is 1.65. The van der Waals surface area contributed by atoms with E-state index >= 15 is 0 Å². The summed E-state index contributed by atoms with van der Waals surface area (Å²) in [5.74, 6) is 0.737. The molecule has 1 aromatic heterocycles. The molecule has 0 unspecified atom stereocenters. The highest BCUT2D eigenvalue weighted by atomic mass is 32.2. The SMILES string of the molecule is Cc1nnc(-c2ccc(S(=O)(=O)O)cc2)nn1. The van der Waals surface area contributed by atoms with Crippen LogP contribution in [0.15, 0.2) is 29.2 Å². The summed E-state index contributed by atoms with van der Waals surface area (Å²) in [6.45, 7) is 1.66. The molecule has 2 rings (SSSR count). The molecule has 88 valence electrons. The van der Waals surface area contributed by atoms with Gasteiger partial charge in [-0.1, -0.05) is 0 Å². The Morgan fingerprint density at radius 1 is 1.00 bits per heavy atom. The molecule has 0 aliphatic heterocycles. The zero-order valence-corrected chi connectivity index (χ0v) is 9.59. The van der Waals surface area contributed by atoms with Crippen molar-refractivity contribution in [2.45, 2.75) is 11.8 Å². The first-order chi connectivity index (χ1) is 7.97. The summed E-state index contributed by atoms with van der Waals surface area (Å²) in [7, 11) is -4.18.